The quantitative estimate of drug-likeness (QED) is 0.578. The van der Waals surface area contributed by atoms with Gasteiger partial charge in [0.15, 0.2) is 0 Å². The number of hydrogen-bond acceptors (Lipinski definition) is 4. The van der Waals surface area contributed by atoms with Crippen molar-refractivity contribution in [3.05, 3.63) is 74.9 Å². The van der Waals surface area contributed by atoms with Crippen molar-refractivity contribution in [3.8, 4) is 5.75 Å². The maximum Gasteiger partial charge on any atom is 0.338 e. The third kappa shape index (κ3) is 4.91. The third-order valence-corrected chi connectivity index (χ3v) is 5.80. The molecule has 3 rings (SSSR count). The van der Waals surface area contributed by atoms with E-state index in [1.165, 1.54) is 4.90 Å². The van der Waals surface area contributed by atoms with Crippen LogP contribution in [0, 0.1) is 20.8 Å². The maximum absolute atomic E-state index is 13.1. The maximum atomic E-state index is 13.1. The van der Waals surface area contributed by atoms with Gasteiger partial charge >= 0.3 is 12.0 Å². The molecule has 1 unspecified atom stereocenters. The van der Waals surface area contributed by atoms with E-state index in [1.54, 1.807) is 25.1 Å². The van der Waals surface area contributed by atoms with Gasteiger partial charge in [-0.3, -0.25) is 4.90 Å². The summed E-state index contributed by atoms with van der Waals surface area (Å²) in [5.74, 6) is 0.228. The van der Waals surface area contributed by atoms with E-state index in [0.717, 1.165) is 22.4 Å². The van der Waals surface area contributed by atoms with Gasteiger partial charge in [0.1, 0.15) is 12.4 Å². The highest BCUT2D eigenvalue weighted by Gasteiger charge is 2.38. The van der Waals surface area contributed by atoms with Gasteiger partial charge in [0.2, 0.25) is 0 Å². The first-order valence-electron chi connectivity index (χ1n) is 10.7. The van der Waals surface area contributed by atoms with E-state index in [4.69, 9.17) is 21.1 Å². The molecule has 0 aliphatic carbocycles. The number of ether oxygens (including phenoxy) is 2. The number of amides is 2. The van der Waals surface area contributed by atoms with E-state index in [0.29, 0.717) is 28.4 Å². The van der Waals surface area contributed by atoms with Crippen LogP contribution >= 0.6 is 11.6 Å². The molecule has 1 aliphatic heterocycles. The van der Waals surface area contributed by atoms with Crippen molar-refractivity contribution in [1.29, 1.82) is 0 Å². The van der Waals surface area contributed by atoms with Crippen LogP contribution in [0.2, 0.25) is 5.02 Å². The minimum Gasteiger partial charge on any atom is -0.487 e. The van der Waals surface area contributed by atoms with Crippen LogP contribution in [0.1, 0.15) is 42.1 Å². The standard InChI is InChI=1S/C25H29ClN2O4/c1-6-28-20(14-32-21-12-15(3)11-16(4)17(21)5)22(24(29)31-7-2)23(27-25(28)30)18-9-8-10-19(26)13-18/h8-13,23H,6-7,14H2,1-5H3,(H,27,30). The van der Waals surface area contributed by atoms with Crippen molar-refractivity contribution in [3.63, 3.8) is 0 Å². The number of hydrogen-bond donors (Lipinski definition) is 1. The van der Waals surface area contributed by atoms with E-state index in [-0.39, 0.29) is 19.2 Å². The Morgan fingerprint density at radius 1 is 1.16 bits per heavy atom. The van der Waals surface area contributed by atoms with E-state index < -0.39 is 12.0 Å². The predicted octanol–water partition coefficient (Wildman–Crippen LogP) is 5.25. The monoisotopic (exact) mass is 456 g/mol. The van der Waals surface area contributed by atoms with Crippen molar-refractivity contribution in [2.45, 2.75) is 40.7 Å². The van der Waals surface area contributed by atoms with E-state index >= 15 is 0 Å². The fourth-order valence-corrected chi connectivity index (χ4v) is 4.07. The summed E-state index contributed by atoms with van der Waals surface area (Å²) >= 11 is 6.19. The lowest BCUT2D eigenvalue weighted by atomic mass is 9.94. The predicted molar refractivity (Wildman–Crippen MR) is 125 cm³/mol. The van der Waals surface area contributed by atoms with Gasteiger partial charge in [-0.25, -0.2) is 9.59 Å². The fourth-order valence-electron chi connectivity index (χ4n) is 3.88. The summed E-state index contributed by atoms with van der Waals surface area (Å²) in [5, 5.41) is 3.44. The molecule has 6 nitrogen and oxygen atoms in total. The number of carbonyl (C=O) groups is 2. The molecule has 1 heterocycles. The van der Waals surface area contributed by atoms with E-state index in [9.17, 15) is 9.59 Å². The summed E-state index contributed by atoms with van der Waals surface area (Å²) in [6.45, 7) is 10.3. The zero-order valence-corrected chi connectivity index (χ0v) is 19.9. The first-order chi connectivity index (χ1) is 15.3. The molecule has 170 valence electrons. The molecule has 2 aromatic rings. The van der Waals surface area contributed by atoms with Crippen molar-refractivity contribution in [1.82, 2.24) is 10.2 Å². The second kappa shape index (κ2) is 10.1. The Hall–Kier alpha value is -2.99. The lowest BCUT2D eigenvalue weighted by molar-refractivity contribution is -0.139. The van der Waals surface area contributed by atoms with Crippen LogP contribution in [0.3, 0.4) is 0 Å². The molecule has 0 fully saturated rings. The largest absolute Gasteiger partial charge is 0.487 e. The molecule has 1 aliphatic rings. The number of nitrogens with one attached hydrogen (secondary N) is 1. The summed E-state index contributed by atoms with van der Waals surface area (Å²) in [4.78, 5) is 27.6. The Balaban J connectivity index is 2.10. The number of aryl methyl sites for hydroxylation is 2. The van der Waals surface area contributed by atoms with Crippen molar-refractivity contribution in [2.75, 3.05) is 19.8 Å². The van der Waals surface area contributed by atoms with Gasteiger partial charge in [0.05, 0.1) is 23.9 Å². The van der Waals surface area contributed by atoms with Crippen LogP contribution in [0.15, 0.2) is 47.7 Å². The molecule has 2 aromatic carbocycles. The zero-order chi connectivity index (χ0) is 23.4. The van der Waals surface area contributed by atoms with Gasteiger partial charge in [-0.2, -0.15) is 0 Å². The smallest absolute Gasteiger partial charge is 0.338 e. The number of likely N-dealkylation sites (N-methyl/N-ethyl adjacent to an activating group) is 1. The molecule has 0 saturated heterocycles. The fraction of sp³-hybridized carbons (Fsp3) is 0.360. The Morgan fingerprint density at radius 3 is 2.56 bits per heavy atom. The summed E-state index contributed by atoms with van der Waals surface area (Å²) in [7, 11) is 0. The van der Waals surface area contributed by atoms with Crippen molar-refractivity contribution < 1.29 is 19.1 Å². The van der Waals surface area contributed by atoms with E-state index in [1.807, 2.05) is 39.8 Å². The number of benzene rings is 2. The molecule has 2 amide bonds. The molecular weight excluding hydrogens is 428 g/mol. The second-order valence-electron chi connectivity index (χ2n) is 7.76. The van der Waals surface area contributed by atoms with Crippen LogP contribution in [-0.2, 0) is 9.53 Å². The molecule has 1 atom stereocenters. The van der Waals surface area contributed by atoms with Crippen LogP contribution in [0.5, 0.6) is 5.75 Å². The first kappa shape index (κ1) is 23.7. The Morgan fingerprint density at radius 2 is 1.91 bits per heavy atom. The average molecular weight is 457 g/mol. The zero-order valence-electron chi connectivity index (χ0n) is 19.1. The SMILES string of the molecule is CCOC(=O)C1=C(COc2cc(C)cc(C)c2C)N(CC)C(=O)NC1c1cccc(Cl)c1. The van der Waals surface area contributed by atoms with Gasteiger partial charge in [-0.1, -0.05) is 29.8 Å². The van der Waals surface area contributed by atoms with Crippen molar-refractivity contribution >= 4 is 23.6 Å². The second-order valence-corrected chi connectivity index (χ2v) is 8.19. The highest BCUT2D eigenvalue weighted by atomic mass is 35.5. The molecule has 7 heteroatoms. The number of nitrogens with zero attached hydrogens (tertiary/aromatic N) is 1. The average Bonchev–Trinajstić information content (AvgIpc) is 2.74. The molecular formula is C25H29ClN2O4. The highest BCUT2D eigenvalue weighted by molar-refractivity contribution is 6.30. The molecule has 0 spiro atoms. The molecule has 32 heavy (non-hydrogen) atoms. The Bertz CT molecular complexity index is 1060. The number of urea groups is 1. The van der Waals surface area contributed by atoms with Crippen LogP contribution in [0.25, 0.3) is 0 Å². The number of esters is 1. The number of carbonyl (C=O) groups excluding carboxylic acids is 2. The lowest BCUT2D eigenvalue weighted by Gasteiger charge is -2.36. The topological polar surface area (TPSA) is 67.9 Å². The third-order valence-electron chi connectivity index (χ3n) is 5.56. The van der Waals surface area contributed by atoms with Crippen LogP contribution < -0.4 is 10.1 Å². The number of rotatable bonds is 7. The highest BCUT2D eigenvalue weighted by Crippen LogP contribution is 2.33. The van der Waals surface area contributed by atoms with Gasteiger partial charge in [0.25, 0.3) is 0 Å². The Kier molecular flexibility index (Phi) is 7.46. The summed E-state index contributed by atoms with van der Waals surface area (Å²) < 4.78 is 11.5. The molecule has 0 radical (unpaired) electrons. The van der Waals surface area contributed by atoms with Crippen LogP contribution in [0.4, 0.5) is 4.79 Å². The molecule has 0 bridgehead atoms. The molecule has 1 N–H and O–H groups in total. The molecule has 0 aromatic heterocycles. The summed E-state index contributed by atoms with van der Waals surface area (Å²) in [5.41, 5.74) is 4.74. The van der Waals surface area contributed by atoms with Gasteiger partial charge in [-0.05, 0) is 75.1 Å². The van der Waals surface area contributed by atoms with Gasteiger partial charge in [-0.15, -0.1) is 0 Å². The Labute approximate surface area is 194 Å². The normalized spacial score (nSPS) is 16.1. The minimum absolute atomic E-state index is 0.0518. The van der Waals surface area contributed by atoms with Crippen molar-refractivity contribution in [2.24, 2.45) is 0 Å². The van der Waals surface area contributed by atoms with Gasteiger partial charge < -0.3 is 14.8 Å². The van der Waals surface area contributed by atoms with Gasteiger partial charge in [0, 0.05) is 11.6 Å². The number of halogens is 1. The first-order valence-corrected chi connectivity index (χ1v) is 11.1. The van der Waals surface area contributed by atoms with E-state index in [2.05, 4.69) is 11.4 Å². The summed E-state index contributed by atoms with van der Waals surface area (Å²) in [6.07, 6.45) is 0. The lowest BCUT2D eigenvalue weighted by Crippen LogP contribution is -2.49. The minimum atomic E-state index is -0.693. The summed E-state index contributed by atoms with van der Waals surface area (Å²) in [6, 6.07) is 10.1. The van der Waals surface area contributed by atoms with Crippen LogP contribution in [-0.4, -0.2) is 36.7 Å². The molecule has 0 saturated carbocycles.